The number of fused-ring (bicyclic) bond motifs is 1. The van der Waals surface area contributed by atoms with Crippen LogP contribution in [0.4, 0.5) is 0 Å². The molecule has 0 aliphatic rings. The van der Waals surface area contributed by atoms with Crippen molar-refractivity contribution in [3.63, 3.8) is 0 Å². The Morgan fingerprint density at radius 2 is 1.70 bits per heavy atom. The molecule has 0 atom stereocenters. The second-order valence-corrected chi connectivity index (χ2v) is 7.44. The molecule has 0 saturated carbocycles. The van der Waals surface area contributed by atoms with E-state index >= 15 is 0 Å². The van der Waals surface area contributed by atoms with Crippen molar-refractivity contribution in [3.05, 3.63) is 86.0 Å². The summed E-state index contributed by atoms with van der Waals surface area (Å²) in [5, 5.41) is 9.68. The van der Waals surface area contributed by atoms with Crippen molar-refractivity contribution < 1.29 is 5.11 Å². The Kier molecular flexibility index (Phi) is 5.57. The molecule has 0 amide bonds. The molecule has 0 radical (unpaired) electrons. The fourth-order valence-electron chi connectivity index (χ4n) is 3.57. The number of benzene rings is 2. The molecule has 8 heteroatoms. The predicted molar refractivity (Wildman–Crippen MR) is 117 cm³/mol. The van der Waals surface area contributed by atoms with Crippen LogP contribution in [0.3, 0.4) is 0 Å². The first kappa shape index (κ1) is 20.1. The highest BCUT2D eigenvalue weighted by Gasteiger charge is 2.22. The third kappa shape index (κ3) is 3.46. The van der Waals surface area contributed by atoms with Gasteiger partial charge in [-0.2, -0.15) is 0 Å². The SMILES string of the molecule is Cn1c(=O)n(CCCO)c(=O)c2c1nc(-c1ccccc1Cl)n2Cc1ccccc1. The van der Waals surface area contributed by atoms with Gasteiger partial charge >= 0.3 is 5.69 Å². The Balaban J connectivity index is 2.06. The minimum Gasteiger partial charge on any atom is -0.396 e. The second-order valence-electron chi connectivity index (χ2n) is 7.03. The highest BCUT2D eigenvalue weighted by atomic mass is 35.5. The number of aromatic nitrogens is 4. The number of aliphatic hydroxyl groups excluding tert-OH is 1. The summed E-state index contributed by atoms with van der Waals surface area (Å²) in [6.45, 7) is 0.420. The molecular weight excluding hydrogens is 404 g/mol. The Morgan fingerprint density at radius 1 is 1.00 bits per heavy atom. The zero-order valence-electron chi connectivity index (χ0n) is 16.5. The van der Waals surface area contributed by atoms with E-state index in [4.69, 9.17) is 16.7 Å². The van der Waals surface area contributed by atoms with E-state index in [-0.39, 0.29) is 13.2 Å². The maximum absolute atomic E-state index is 13.3. The van der Waals surface area contributed by atoms with Gasteiger partial charge < -0.3 is 9.67 Å². The first-order chi connectivity index (χ1) is 14.5. The van der Waals surface area contributed by atoms with Crippen LogP contribution < -0.4 is 11.2 Å². The summed E-state index contributed by atoms with van der Waals surface area (Å²) in [5.41, 5.74) is 1.41. The smallest absolute Gasteiger partial charge is 0.332 e. The molecule has 0 spiro atoms. The van der Waals surface area contributed by atoms with E-state index in [1.54, 1.807) is 13.1 Å². The molecule has 30 heavy (non-hydrogen) atoms. The van der Waals surface area contributed by atoms with Gasteiger partial charge in [-0.1, -0.05) is 54.1 Å². The normalized spacial score (nSPS) is 11.3. The van der Waals surface area contributed by atoms with Crippen molar-refractivity contribution in [3.8, 4) is 11.4 Å². The van der Waals surface area contributed by atoms with E-state index in [1.165, 1.54) is 4.57 Å². The molecule has 0 fully saturated rings. The monoisotopic (exact) mass is 424 g/mol. The lowest BCUT2D eigenvalue weighted by atomic mass is 10.2. The van der Waals surface area contributed by atoms with Gasteiger partial charge in [0.25, 0.3) is 5.56 Å². The van der Waals surface area contributed by atoms with Gasteiger partial charge in [-0.25, -0.2) is 9.78 Å². The molecule has 4 aromatic rings. The molecule has 0 bridgehead atoms. The van der Waals surface area contributed by atoms with Crippen LogP contribution in [0, 0.1) is 0 Å². The third-order valence-electron chi connectivity index (χ3n) is 5.07. The van der Waals surface area contributed by atoms with E-state index < -0.39 is 11.2 Å². The summed E-state index contributed by atoms with van der Waals surface area (Å²) in [6.07, 6.45) is 0.310. The van der Waals surface area contributed by atoms with Crippen LogP contribution in [0.5, 0.6) is 0 Å². The van der Waals surface area contributed by atoms with Crippen molar-refractivity contribution in [1.29, 1.82) is 0 Å². The third-order valence-corrected chi connectivity index (χ3v) is 5.40. The minimum absolute atomic E-state index is 0.109. The molecule has 0 unspecified atom stereocenters. The summed E-state index contributed by atoms with van der Waals surface area (Å²) in [5.74, 6) is 0.520. The van der Waals surface area contributed by atoms with Crippen LogP contribution >= 0.6 is 11.6 Å². The largest absolute Gasteiger partial charge is 0.396 e. The molecule has 0 aliphatic heterocycles. The van der Waals surface area contributed by atoms with Crippen molar-refractivity contribution in [2.75, 3.05) is 6.61 Å². The topological polar surface area (TPSA) is 82.0 Å². The van der Waals surface area contributed by atoms with E-state index in [1.807, 2.05) is 53.1 Å². The Labute approximate surface area is 177 Å². The molecule has 2 heterocycles. The number of aryl methyl sites for hydroxylation is 1. The average Bonchev–Trinajstić information content (AvgIpc) is 3.12. The van der Waals surface area contributed by atoms with Gasteiger partial charge in [0.1, 0.15) is 5.82 Å². The van der Waals surface area contributed by atoms with Gasteiger partial charge in [0, 0.05) is 32.3 Å². The minimum atomic E-state index is -0.462. The zero-order chi connectivity index (χ0) is 21.3. The number of imidazole rings is 1. The van der Waals surface area contributed by atoms with E-state index in [0.717, 1.165) is 10.1 Å². The molecule has 154 valence electrons. The van der Waals surface area contributed by atoms with Crippen molar-refractivity contribution in [2.45, 2.75) is 19.5 Å². The fourth-order valence-corrected chi connectivity index (χ4v) is 3.79. The number of aliphatic hydroxyl groups is 1. The number of hydrogen-bond acceptors (Lipinski definition) is 4. The molecule has 7 nitrogen and oxygen atoms in total. The van der Waals surface area contributed by atoms with Crippen LogP contribution in [0.2, 0.25) is 5.02 Å². The number of nitrogens with zero attached hydrogens (tertiary/aromatic N) is 4. The molecule has 1 N–H and O–H groups in total. The van der Waals surface area contributed by atoms with Gasteiger partial charge in [0.15, 0.2) is 11.2 Å². The Hall–Kier alpha value is -3.16. The van der Waals surface area contributed by atoms with Gasteiger partial charge in [0.2, 0.25) is 0 Å². The first-order valence-corrected chi connectivity index (χ1v) is 10.0. The lowest BCUT2D eigenvalue weighted by Gasteiger charge is -2.12. The summed E-state index contributed by atoms with van der Waals surface area (Å²) in [7, 11) is 1.59. The number of rotatable bonds is 6. The van der Waals surface area contributed by atoms with Crippen LogP contribution in [-0.2, 0) is 20.1 Å². The summed E-state index contributed by atoms with van der Waals surface area (Å²) >= 11 is 6.44. The maximum atomic E-state index is 13.3. The standard InChI is InChI=1S/C22H21ClN4O3/c1-25-20-18(21(29)26(22(25)30)12-7-13-28)27(14-15-8-3-2-4-9-15)19(24-20)16-10-5-6-11-17(16)23/h2-6,8-11,28H,7,12-14H2,1H3. The van der Waals surface area contributed by atoms with Crippen LogP contribution in [0.1, 0.15) is 12.0 Å². The van der Waals surface area contributed by atoms with Crippen LogP contribution in [0.15, 0.2) is 64.2 Å². The van der Waals surface area contributed by atoms with Gasteiger partial charge in [-0.15, -0.1) is 0 Å². The lowest BCUT2D eigenvalue weighted by molar-refractivity contribution is 0.277. The molecule has 2 aromatic carbocycles. The van der Waals surface area contributed by atoms with Crippen LogP contribution in [0.25, 0.3) is 22.6 Å². The van der Waals surface area contributed by atoms with Crippen molar-refractivity contribution >= 4 is 22.8 Å². The average molecular weight is 425 g/mol. The Bertz CT molecular complexity index is 1320. The summed E-state index contributed by atoms with van der Waals surface area (Å²) in [4.78, 5) is 30.7. The maximum Gasteiger partial charge on any atom is 0.332 e. The second kappa shape index (κ2) is 8.30. The van der Waals surface area contributed by atoms with Gasteiger partial charge in [-0.05, 0) is 24.1 Å². The molecule has 0 saturated heterocycles. The van der Waals surface area contributed by atoms with E-state index in [0.29, 0.717) is 40.5 Å². The van der Waals surface area contributed by atoms with Gasteiger partial charge in [0.05, 0.1) is 5.02 Å². The van der Waals surface area contributed by atoms with Crippen LogP contribution in [-0.4, -0.2) is 30.4 Å². The summed E-state index contributed by atoms with van der Waals surface area (Å²) in [6, 6.07) is 17.0. The highest BCUT2D eigenvalue weighted by Crippen LogP contribution is 2.29. The predicted octanol–water partition coefficient (Wildman–Crippen LogP) is 2.65. The molecular formula is C22H21ClN4O3. The zero-order valence-corrected chi connectivity index (χ0v) is 17.2. The van der Waals surface area contributed by atoms with Gasteiger partial charge in [-0.3, -0.25) is 13.9 Å². The number of halogens is 1. The summed E-state index contributed by atoms with van der Waals surface area (Å²) < 4.78 is 4.33. The quantitative estimate of drug-likeness (QED) is 0.516. The lowest BCUT2D eigenvalue weighted by Crippen LogP contribution is -2.39. The van der Waals surface area contributed by atoms with E-state index in [2.05, 4.69) is 4.98 Å². The van der Waals surface area contributed by atoms with Crippen molar-refractivity contribution in [1.82, 2.24) is 18.7 Å². The van der Waals surface area contributed by atoms with Crippen molar-refractivity contribution in [2.24, 2.45) is 7.05 Å². The fraction of sp³-hybridized carbons (Fsp3) is 0.227. The molecule has 2 aromatic heterocycles. The number of hydrogen-bond donors (Lipinski definition) is 1. The molecule has 0 aliphatic carbocycles. The first-order valence-electron chi connectivity index (χ1n) is 9.62. The molecule has 4 rings (SSSR count). The van der Waals surface area contributed by atoms with E-state index in [9.17, 15) is 9.59 Å². The Morgan fingerprint density at radius 3 is 2.40 bits per heavy atom. The highest BCUT2D eigenvalue weighted by molar-refractivity contribution is 6.33.